The molecule has 1 N–H and O–H groups in total. The third-order valence-corrected chi connectivity index (χ3v) is 5.74. The van der Waals surface area contributed by atoms with Crippen molar-refractivity contribution in [3.63, 3.8) is 0 Å². The van der Waals surface area contributed by atoms with Gasteiger partial charge in [0.2, 0.25) is 0 Å². The van der Waals surface area contributed by atoms with Crippen LogP contribution in [0, 0.1) is 0 Å². The summed E-state index contributed by atoms with van der Waals surface area (Å²) in [4.78, 5) is 22.0. The van der Waals surface area contributed by atoms with Gasteiger partial charge in [-0.05, 0) is 50.5 Å². The van der Waals surface area contributed by atoms with E-state index in [1.165, 1.54) is 12.5 Å². The molecule has 0 fully saturated rings. The Kier molecular flexibility index (Phi) is 16.4. The summed E-state index contributed by atoms with van der Waals surface area (Å²) in [6.45, 7) is 4.33. The lowest BCUT2D eigenvalue weighted by Crippen LogP contribution is -2.18. The first kappa shape index (κ1) is 28.2. The van der Waals surface area contributed by atoms with Crippen LogP contribution in [0.15, 0.2) is 30.3 Å². The highest BCUT2D eigenvalue weighted by Gasteiger charge is 2.14. The van der Waals surface area contributed by atoms with E-state index in [4.69, 9.17) is 14.6 Å². The first-order valence-electron chi connectivity index (χ1n) is 12.6. The number of hydrogen-bond acceptors (Lipinski definition) is 4. The minimum atomic E-state index is -0.703. The molecule has 1 aromatic rings. The van der Waals surface area contributed by atoms with E-state index in [0.29, 0.717) is 6.61 Å². The molecule has 1 aromatic carbocycles. The molecule has 1 rings (SSSR count). The molecule has 0 bridgehead atoms. The fourth-order valence-corrected chi connectivity index (χ4v) is 4.02. The van der Waals surface area contributed by atoms with E-state index in [9.17, 15) is 9.59 Å². The minimum absolute atomic E-state index is 0.000494. The second-order valence-electron chi connectivity index (χ2n) is 8.78. The van der Waals surface area contributed by atoms with Gasteiger partial charge in [0, 0.05) is 13.3 Å². The summed E-state index contributed by atoms with van der Waals surface area (Å²) in [6, 6.07) is 10.3. The van der Waals surface area contributed by atoms with Gasteiger partial charge in [-0.3, -0.25) is 9.59 Å². The van der Waals surface area contributed by atoms with Crippen LogP contribution in [-0.2, 0) is 25.7 Å². The summed E-state index contributed by atoms with van der Waals surface area (Å²) in [6.07, 6.45) is 13.9. The molecule has 0 aliphatic heterocycles. The lowest BCUT2D eigenvalue weighted by atomic mass is 10.0. The maximum atomic E-state index is 11.5. The van der Waals surface area contributed by atoms with Crippen molar-refractivity contribution in [3.8, 4) is 0 Å². The Morgan fingerprint density at radius 3 is 2.03 bits per heavy atom. The fraction of sp³-hybridized carbons (Fsp3) is 0.704. The summed E-state index contributed by atoms with van der Waals surface area (Å²) >= 11 is 0. The van der Waals surface area contributed by atoms with Crippen molar-refractivity contribution >= 4 is 11.9 Å². The van der Waals surface area contributed by atoms with Gasteiger partial charge in [0.25, 0.3) is 0 Å². The lowest BCUT2D eigenvalue weighted by Gasteiger charge is -2.20. The Bertz CT molecular complexity index is 601. The van der Waals surface area contributed by atoms with E-state index in [1.54, 1.807) is 0 Å². The number of carbonyl (C=O) groups is 2. The van der Waals surface area contributed by atoms with Gasteiger partial charge < -0.3 is 14.6 Å². The molecule has 2 unspecified atom stereocenters. The number of esters is 1. The largest absolute Gasteiger partial charge is 0.481 e. The van der Waals surface area contributed by atoms with Crippen LogP contribution in [0.2, 0.25) is 0 Å². The normalized spacial score (nSPS) is 12.9. The second-order valence-corrected chi connectivity index (χ2v) is 8.78. The van der Waals surface area contributed by atoms with Crippen LogP contribution in [0.1, 0.15) is 109 Å². The summed E-state index contributed by atoms with van der Waals surface area (Å²) < 4.78 is 11.7. The Labute approximate surface area is 194 Å². The number of carboxylic acids is 1. The van der Waals surface area contributed by atoms with Crippen molar-refractivity contribution in [2.24, 2.45) is 0 Å². The molecule has 182 valence electrons. The maximum absolute atomic E-state index is 11.5. The SMILES string of the molecule is CCCC(CCCC(CCCCCCCCCC(=O)O)OC(C)=O)OCc1ccccc1. The predicted octanol–water partition coefficient (Wildman–Crippen LogP) is 7.07. The van der Waals surface area contributed by atoms with E-state index in [-0.39, 0.29) is 24.6 Å². The van der Waals surface area contributed by atoms with E-state index < -0.39 is 5.97 Å². The zero-order chi connectivity index (χ0) is 23.4. The average Bonchev–Trinajstić information content (AvgIpc) is 2.76. The molecule has 0 saturated heterocycles. The topological polar surface area (TPSA) is 72.8 Å². The number of benzene rings is 1. The van der Waals surface area contributed by atoms with Crippen LogP contribution in [0.3, 0.4) is 0 Å². The van der Waals surface area contributed by atoms with Crippen LogP contribution in [0.5, 0.6) is 0 Å². The van der Waals surface area contributed by atoms with Gasteiger partial charge in [0.1, 0.15) is 6.10 Å². The molecule has 0 radical (unpaired) electrons. The molecule has 5 nitrogen and oxygen atoms in total. The van der Waals surface area contributed by atoms with E-state index in [2.05, 4.69) is 19.1 Å². The monoisotopic (exact) mass is 448 g/mol. The molecule has 0 heterocycles. The van der Waals surface area contributed by atoms with Gasteiger partial charge in [-0.15, -0.1) is 0 Å². The van der Waals surface area contributed by atoms with Crippen LogP contribution in [0.25, 0.3) is 0 Å². The molecule has 0 saturated carbocycles. The summed E-state index contributed by atoms with van der Waals surface area (Å²) in [5.41, 5.74) is 1.20. The third kappa shape index (κ3) is 15.9. The zero-order valence-electron chi connectivity index (χ0n) is 20.2. The number of carboxylic acid groups (broad SMARTS) is 1. The fourth-order valence-electron chi connectivity index (χ4n) is 4.02. The highest BCUT2D eigenvalue weighted by molar-refractivity contribution is 5.66. The first-order valence-corrected chi connectivity index (χ1v) is 12.6. The summed E-state index contributed by atoms with van der Waals surface area (Å²) in [5.74, 6) is -0.899. The highest BCUT2D eigenvalue weighted by atomic mass is 16.5. The number of carbonyl (C=O) groups excluding carboxylic acids is 1. The standard InChI is InChI=1S/C27H44O5/c1-3-15-25(31-22-24-16-10-9-11-17-24)19-14-20-26(32-23(2)28)18-12-7-5-4-6-8-13-21-27(29)30/h9-11,16-17,25-26H,3-8,12-15,18-22H2,1-2H3,(H,29,30). The van der Waals surface area contributed by atoms with Crippen LogP contribution < -0.4 is 0 Å². The smallest absolute Gasteiger partial charge is 0.303 e. The van der Waals surface area contributed by atoms with E-state index in [0.717, 1.165) is 83.5 Å². The van der Waals surface area contributed by atoms with Crippen molar-refractivity contribution in [3.05, 3.63) is 35.9 Å². The molecule has 0 aromatic heterocycles. The molecule has 5 heteroatoms. The van der Waals surface area contributed by atoms with E-state index in [1.807, 2.05) is 18.2 Å². The van der Waals surface area contributed by atoms with Crippen molar-refractivity contribution in [1.29, 1.82) is 0 Å². The molecule has 0 aliphatic carbocycles. The number of unbranched alkanes of at least 4 members (excludes halogenated alkanes) is 6. The molecule has 0 spiro atoms. The number of hydrogen-bond donors (Lipinski definition) is 1. The quantitative estimate of drug-likeness (QED) is 0.171. The highest BCUT2D eigenvalue weighted by Crippen LogP contribution is 2.19. The minimum Gasteiger partial charge on any atom is -0.481 e. The van der Waals surface area contributed by atoms with Gasteiger partial charge in [-0.25, -0.2) is 0 Å². The van der Waals surface area contributed by atoms with Crippen LogP contribution >= 0.6 is 0 Å². The van der Waals surface area contributed by atoms with Gasteiger partial charge in [-0.2, -0.15) is 0 Å². The van der Waals surface area contributed by atoms with Crippen molar-refractivity contribution in [1.82, 2.24) is 0 Å². The molecule has 0 amide bonds. The van der Waals surface area contributed by atoms with Crippen molar-refractivity contribution in [2.75, 3.05) is 0 Å². The van der Waals surface area contributed by atoms with Crippen molar-refractivity contribution in [2.45, 2.75) is 123 Å². The summed E-state index contributed by atoms with van der Waals surface area (Å²) in [5, 5.41) is 8.65. The number of aliphatic carboxylic acids is 1. The number of rotatable bonds is 20. The zero-order valence-corrected chi connectivity index (χ0v) is 20.2. The average molecular weight is 449 g/mol. The molecule has 0 aliphatic rings. The maximum Gasteiger partial charge on any atom is 0.303 e. The van der Waals surface area contributed by atoms with Crippen molar-refractivity contribution < 1.29 is 24.2 Å². The lowest BCUT2D eigenvalue weighted by molar-refractivity contribution is -0.147. The molecular weight excluding hydrogens is 404 g/mol. The van der Waals surface area contributed by atoms with Gasteiger partial charge in [0.05, 0.1) is 12.7 Å². The Morgan fingerprint density at radius 2 is 1.41 bits per heavy atom. The Morgan fingerprint density at radius 1 is 0.812 bits per heavy atom. The Balaban J connectivity index is 2.23. The first-order chi connectivity index (χ1) is 15.5. The van der Waals surface area contributed by atoms with Crippen LogP contribution in [0.4, 0.5) is 0 Å². The van der Waals surface area contributed by atoms with E-state index >= 15 is 0 Å². The predicted molar refractivity (Wildman–Crippen MR) is 129 cm³/mol. The second kappa shape index (κ2) is 18.7. The van der Waals surface area contributed by atoms with Crippen LogP contribution in [-0.4, -0.2) is 29.3 Å². The molecule has 32 heavy (non-hydrogen) atoms. The Hall–Kier alpha value is -1.88. The summed E-state index contributed by atoms with van der Waals surface area (Å²) in [7, 11) is 0. The van der Waals surface area contributed by atoms with Gasteiger partial charge >= 0.3 is 11.9 Å². The molecule has 2 atom stereocenters. The molecular formula is C27H44O5. The van der Waals surface area contributed by atoms with Gasteiger partial charge in [0.15, 0.2) is 0 Å². The third-order valence-electron chi connectivity index (χ3n) is 5.74. The number of ether oxygens (including phenoxy) is 2. The van der Waals surface area contributed by atoms with Gasteiger partial charge in [-0.1, -0.05) is 75.8 Å².